The highest BCUT2D eigenvalue weighted by Crippen LogP contribution is 2.39. The summed E-state index contributed by atoms with van der Waals surface area (Å²) in [6.45, 7) is 6.37. The minimum Gasteiger partial charge on any atom is -0.482 e. The van der Waals surface area contributed by atoms with Crippen molar-refractivity contribution < 1.29 is 18.3 Å². The molecule has 182 valence electrons. The van der Waals surface area contributed by atoms with Crippen LogP contribution < -0.4 is 15.2 Å². The van der Waals surface area contributed by atoms with Crippen molar-refractivity contribution in [2.75, 3.05) is 12.8 Å². The number of ether oxygens (including phenoxy) is 2. The molecule has 35 heavy (non-hydrogen) atoms. The number of aryl methyl sites for hydroxylation is 2. The van der Waals surface area contributed by atoms with Gasteiger partial charge in [-0.25, -0.2) is 18.4 Å². The molecule has 0 fully saturated rings. The van der Waals surface area contributed by atoms with Crippen molar-refractivity contribution in [1.82, 2.24) is 24.5 Å². The molecule has 1 atom stereocenters. The van der Waals surface area contributed by atoms with E-state index in [1.807, 2.05) is 45.0 Å². The van der Waals surface area contributed by atoms with Crippen LogP contribution in [0.5, 0.6) is 11.6 Å². The summed E-state index contributed by atoms with van der Waals surface area (Å²) in [5, 5.41) is 8.89. The number of pyridine rings is 1. The summed E-state index contributed by atoms with van der Waals surface area (Å²) in [5.41, 5.74) is 11.1. The summed E-state index contributed by atoms with van der Waals surface area (Å²) in [6, 6.07) is 9.03. The van der Waals surface area contributed by atoms with Gasteiger partial charge in [0.05, 0.1) is 18.5 Å². The van der Waals surface area contributed by atoms with Gasteiger partial charge in [-0.05, 0) is 39.0 Å². The zero-order chi connectivity index (χ0) is 24.9. The Bertz CT molecular complexity index is 1410. The Labute approximate surface area is 201 Å². The maximum atomic E-state index is 13.8. The van der Waals surface area contributed by atoms with Crippen LogP contribution in [0.1, 0.15) is 54.5 Å². The summed E-state index contributed by atoms with van der Waals surface area (Å²) in [5.74, 6) is 1.08. The number of nitrogens with two attached hydrogens (primary N) is 1. The third-order valence-corrected chi connectivity index (χ3v) is 6.20. The number of methoxy groups -OCH3 is 1. The van der Waals surface area contributed by atoms with E-state index in [2.05, 4.69) is 15.2 Å². The monoisotopic (exact) mass is 480 g/mol. The summed E-state index contributed by atoms with van der Waals surface area (Å²) >= 11 is 0. The lowest BCUT2D eigenvalue weighted by Crippen LogP contribution is -2.13. The standard InChI is InChI=1S/C25H26F2N6O2/c1-5-32-22-15-9-21(24(28)29-12-15)35-14(3)17-8-13(2)6-7-20(17)33-16(11-19(30-33)23(26)27)10-18(22)25(31-32)34-4/h6-9,11-12,14,23H,5,10H2,1-4H3,(H2,28,29)/t14-/m1/s1. The van der Waals surface area contributed by atoms with E-state index in [9.17, 15) is 8.78 Å². The number of benzene rings is 1. The van der Waals surface area contributed by atoms with Crippen LogP contribution in [0.2, 0.25) is 0 Å². The van der Waals surface area contributed by atoms with Gasteiger partial charge in [0.25, 0.3) is 6.43 Å². The second-order valence-electron chi connectivity index (χ2n) is 8.53. The predicted octanol–water partition coefficient (Wildman–Crippen LogP) is 5.03. The molecule has 5 rings (SSSR count). The highest BCUT2D eigenvalue weighted by Gasteiger charge is 2.27. The van der Waals surface area contributed by atoms with Gasteiger partial charge in [-0.15, -0.1) is 5.10 Å². The van der Waals surface area contributed by atoms with Crippen LogP contribution in [0.15, 0.2) is 36.5 Å². The van der Waals surface area contributed by atoms with E-state index in [1.165, 1.54) is 13.2 Å². The molecule has 4 heterocycles. The van der Waals surface area contributed by atoms with Gasteiger partial charge in [-0.1, -0.05) is 17.7 Å². The molecular formula is C25H26F2N6O2. The van der Waals surface area contributed by atoms with Crippen molar-refractivity contribution in [3.8, 4) is 28.6 Å². The lowest BCUT2D eigenvalue weighted by Gasteiger charge is -2.22. The van der Waals surface area contributed by atoms with Gasteiger partial charge in [0.1, 0.15) is 11.8 Å². The third-order valence-electron chi connectivity index (χ3n) is 6.20. The second kappa shape index (κ2) is 8.68. The Morgan fingerprint density at radius 2 is 2.03 bits per heavy atom. The van der Waals surface area contributed by atoms with E-state index in [4.69, 9.17) is 15.2 Å². The first kappa shape index (κ1) is 22.8. The summed E-state index contributed by atoms with van der Waals surface area (Å²) in [4.78, 5) is 4.37. The van der Waals surface area contributed by atoms with E-state index < -0.39 is 12.5 Å². The predicted molar refractivity (Wildman–Crippen MR) is 127 cm³/mol. The Kier molecular flexibility index (Phi) is 5.66. The molecule has 8 nitrogen and oxygen atoms in total. The molecule has 0 unspecified atom stereocenters. The first-order valence-corrected chi connectivity index (χ1v) is 11.3. The maximum Gasteiger partial charge on any atom is 0.282 e. The molecule has 2 N–H and O–H groups in total. The number of anilines is 1. The Hall–Kier alpha value is -3.95. The van der Waals surface area contributed by atoms with Crippen LogP contribution in [0, 0.1) is 6.92 Å². The average molecular weight is 481 g/mol. The number of rotatable bonds is 3. The number of nitrogens with zero attached hydrogens (tertiary/aromatic N) is 5. The normalized spacial score (nSPS) is 14.9. The number of alkyl halides is 2. The van der Waals surface area contributed by atoms with Crippen LogP contribution in [0.3, 0.4) is 0 Å². The number of halogens is 2. The number of hydrogen-bond acceptors (Lipinski definition) is 6. The topological polar surface area (TPSA) is 93.0 Å². The Balaban J connectivity index is 1.85. The number of aromatic nitrogens is 5. The fraction of sp³-hybridized carbons (Fsp3) is 0.320. The first-order valence-electron chi connectivity index (χ1n) is 11.3. The molecule has 2 bridgehead atoms. The molecule has 10 heteroatoms. The molecule has 0 saturated carbocycles. The van der Waals surface area contributed by atoms with Gasteiger partial charge < -0.3 is 15.2 Å². The lowest BCUT2D eigenvalue weighted by molar-refractivity contribution is 0.145. The van der Waals surface area contributed by atoms with Crippen LogP contribution in [-0.4, -0.2) is 31.7 Å². The van der Waals surface area contributed by atoms with Gasteiger partial charge >= 0.3 is 0 Å². The van der Waals surface area contributed by atoms with Crippen molar-refractivity contribution in [2.24, 2.45) is 0 Å². The SMILES string of the molecule is CCn1nc(OC)c2c1-c1cnc(N)c(c1)O[C@H](C)c1cc(C)ccc1-n1nc(C(F)F)cc1C2. The van der Waals surface area contributed by atoms with Gasteiger partial charge in [-0.2, -0.15) is 5.10 Å². The zero-order valence-electron chi connectivity index (χ0n) is 19.9. The van der Waals surface area contributed by atoms with Crippen molar-refractivity contribution in [2.45, 2.75) is 46.3 Å². The molecular weight excluding hydrogens is 454 g/mol. The van der Waals surface area contributed by atoms with Gasteiger partial charge in [0, 0.05) is 41.5 Å². The first-order chi connectivity index (χ1) is 16.8. The molecule has 3 aromatic heterocycles. The van der Waals surface area contributed by atoms with Crippen molar-refractivity contribution in [1.29, 1.82) is 0 Å². The number of hydrogen-bond donors (Lipinski definition) is 1. The van der Waals surface area contributed by atoms with Crippen molar-refractivity contribution >= 4 is 5.82 Å². The third kappa shape index (κ3) is 3.88. The van der Waals surface area contributed by atoms with Gasteiger partial charge in [0.2, 0.25) is 5.88 Å². The fourth-order valence-electron chi connectivity index (χ4n) is 4.54. The molecule has 4 aromatic rings. The Morgan fingerprint density at radius 3 is 2.74 bits per heavy atom. The minimum absolute atomic E-state index is 0.253. The summed E-state index contributed by atoms with van der Waals surface area (Å²) in [7, 11) is 1.54. The van der Waals surface area contributed by atoms with E-state index in [0.717, 1.165) is 27.9 Å². The van der Waals surface area contributed by atoms with Crippen molar-refractivity contribution in [3.05, 3.63) is 64.6 Å². The molecule has 0 spiro atoms. The van der Waals surface area contributed by atoms with E-state index in [1.54, 1.807) is 15.6 Å². The van der Waals surface area contributed by atoms with Gasteiger partial charge in [-0.3, -0.25) is 4.68 Å². The highest BCUT2D eigenvalue weighted by atomic mass is 19.3. The van der Waals surface area contributed by atoms with Gasteiger partial charge in [0.15, 0.2) is 11.6 Å². The van der Waals surface area contributed by atoms with Crippen LogP contribution >= 0.6 is 0 Å². The smallest absolute Gasteiger partial charge is 0.282 e. The minimum atomic E-state index is -2.72. The molecule has 0 amide bonds. The highest BCUT2D eigenvalue weighted by molar-refractivity contribution is 5.70. The van der Waals surface area contributed by atoms with E-state index >= 15 is 0 Å². The van der Waals surface area contributed by atoms with Crippen LogP contribution in [-0.2, 0) is 13.0 Å². The Morgan fingerprint density at radius 1 is 1.23 bits per heavy atom. The largest absolute Gasteiger partial charge is 0.482 e. The molecule has 1 aliphatic heterocycles. The molecule has 0 saturated heterocycles. The molecule has 1 aliphatic rings. The molecule has 0 radical (unpaired) electrons. The summed E-state index contributed by atoms with van der Waals surface area (Å²) < 4.78 is 42.9. The quantitative estimate of drug-likeness (QED) is 0.442. The lowest BCUT2D eigenvalue weighted by atomic mass is 10.0. The average Bonchev–Trinajstić information content (AvgIpc) is 3.41. The van der Waals surface area contributed by atoms with E-state index in [0.29, 0.717) is 29.6 Å². The molecule has 1 aromatic carbocycles. The van der Waals surface area contributed by atoms with Crippen LogP contribution in [0.25, 0.3) is 16.9 Å². The number of nitrogen functional groups attached to an aromatic ring is 1. The second-order valence-corrected chi connectivity index (χ2v) is 8.53. The fourth-order valence-corrected chi connectivity index (χ4v) is 4.54. The zero-order valence-corrected chi connectivity index (χ0v) is 19.9. The van der Waals surface area contributed by atoms with Crippen LogP contribution in [0.4, 0.5) is 14.6 Å². The van der Waals surface area contributed by atoms with Crippen molar-refractivity contribution in [3.63, 3.8) is 0 Å². The molecule has 0 aliphatic carbocycles. The number of fused-ring (bicyclic) bond motifs is 7. The van der Waals surface area contributed by atoms with E-state index in [-0.39, 0.29) is 17.9 Å². The summed E-state index contributed by atoms with van der Waals surface area (Å²) in [6.07, 6.45) is -1.25. The maximum absolute atomic E-state index is 13.8.